The fourth-order valence-corrected chi connectivity index (χ4v) is 2.21. The Morgan fingerprint density at radius 1 is 1.17 bits per heavy atom. The highest BCUT2D eigenvalue weighted by Gasteiger charge is 2.16. The van der Waals surface area contributed by atoms with Crippen molar-refractivity contribution in [3.05, 3.63) is 41.6 Å². The van der Waals surface area contributed by atoms with Crippen molar-refractivity contribution < 1.29 is 0 Å². The Morgan fingerprint density at radius 3 is 2.44 bits per heavy atom. The molecule has 1 unspecified atom stereocenters. The topological polar surface area (TPSA) is 51.8 Å². The van der Waals surface area contributed by atoms with Gasteiger partial charge in [0.2, 0.25) is 5.95 Å². The van der Waals surface area contributed by atoms with Crippen LogP contribution in [0.2, 0.25) is 0 Å². The molecule has 94 valence electrons. The second-order valence-electron chi connectivity index (χ2n) is 4.60. The number of benzene rings is 1. The molecule has 0 radical (unpaired) electrons. The van der Waals surface area contributed by atoms with E-state index >= 15 is 0 Å². The van der Waals surface area contributed by atoms with Gasteiger partial charge in [0.15, 0.2) is 0 Å². The van der Waals surface area contributed by atoms with Crippen LogP contribution in [0.15, 0.2) is 30.3 Å². The summed E-state index contributed by atoms with van der Waals surface area (Å²) < 4.78 is 0. The van der Waals surface area contributed by atoms with E-state index in [1.165, 1.54) is 5.56 Å². The van der Waals surface area contributed by atoms with Gasteiger partial charge >= 0.3 is 0 Å². The smallest absolute Gasteiger partial charge is 0.220 e. The lowest BCUT2D eigenvalue weighted by Gasteiger charge is -2.17. The van der Waals surface area contributed by atoms with E-state index in [1.54, 1.807) is 0 Å². The SMILES string of the molecule is CCC(C)c1c(C)nc(N)nc1-c1ccccc1. The molecule has 2 N–H and O–H groups in total. The first kappa shape index (κ1) is 12.6. The van der Waals surface area contributed by atoms with E-state index in [4.69, 9.17) is 5.73 Å². The van der Waals surface area contributed by atoms with Gasteiger partial charge in [0.05, 0.1) is 5.69 Å². The average Bonchev–Trinajstić information content (AvgIpc) is 2.38. The van der Waals surface area contributed by atoms with Crippen LogP contribution >= 0.6 is 0 Å². The molecule has 0 aliphatic carbocycles. The fourth-order valence-electron chi connectivity index (χ4n) is 2.21. The minimum absolute atomic E-state index is 0.346. The van der Waals surface area contributed by atoms with E-state index < -0.39 is 0 Å². The first-order chi connectivity index (χ1) is 8.63. The number of aromatic nitrogens is 2. The third-order valence-corrected chi connectivity index (χ3v) is 3.31. The highest BCUT2D eigenvalue weighted by molar-refractivity contribution is 5.65. The molecule has 0 spiro atoms. The maximum Gasteiger partial charge on any atom is 0.220 e. The van der Waals surface area contributed by atoms with Crippen molar-refractivity contribution >= 4 is 5.95 Å². The second kappa shape index (κ2) is 5.17. The Balaban J connectivity index is 2.65. The van der Waals surface area contributed by atoms with Gasteiger partial charge in [-0.1, -0.05) is 44.2 Å². The number of nitrogen functional groups attached to an aromatic ring is 1. The Kier molecular flexibility index (Phi) is 3.60. The van der Waals surface area contributed by atoms with Crippen molar-refractivity contribution in [1.82, 2.24) is 9.97 Å². The van der Waals surface area contributed by atoms with Crippen LogP contribution in [0.4, 0.5) is 5.95 Å². The van der Waals surface area contributed by atoms with E-state index in [-0.39, 0.29) is 0 Å². The lowest BCUT2D eigenvalue weighted by atomic mass is 9.92. The summed E-state index contributed by atoms with van der Waals surface area (Å²) in [6.45, 7) is 6.38. The second-order valence-corrected chi connectivity index (χ2v) is 4.60. The van der Waals surface area contributed by atoms with Crippen LogP contribution in [0.3, 0.4) is 0 Å². The van der Waals surface area contributed by atoms with Crippen molar-refractivity contribution in [2.45, 2.75) is 33.1 Å². The third kappa shape index (κ3) is 2.35. The highest BCUT2D eigenvalue weighted by Crippen LogP contribution is 2.31. The van der Waals surface area contributed by atoms with Gasteiger partial charge in [0.25, 0.3) is 0 Å². The van der Waals surface area contributed by atoms with Crippen LogP contribution in [0.5, 0.6) is 0 Å². The summed E-state index contributed by atoms with van der Waals surface area (Å²) in [5.74, 6) is 0.777. The van der Waals surface area contributed by atoms with E-state index in [0.717, 1.165) is 23.4 Å². The quantitative estimate of drug-likeness (QED) is 0.894. The van der Waals surface area contributed by atoms with E-state index in [9.17, 15) is 0 Å². The van der Waals surface area contributed by atoms with Gasteiger partial charge < -0.3 is 5.73 Å². The van der Waals surface area contributed by atoms with Crippen LogP contribution in [-0.2, 0) is 0 Å². The maximum absolute atomic E-state index is 5.79. The molecule has 0 fully saturated rings. The van der Waals surface area contributed by atoms with Gasteiger partial charge in [0.1, 0.15) is 0 Å². The molecule has 2 rings (SSSR count). The molecule has 3 nitrogen and oxygen atoms in total. The minimum atomic E-state index is 0.346. The number of anilines is 1. The van der Waals surface area contributed by atoms with Gasteiger partial charge in [-0.25, -0.2) is 9.97 Å². The summed E-state index contributed by atoms with van der Waals surface area (Å²) in [7, 11) is 0. The third-order valence-electron chi connectivity index (χ3n) is 3.31. The fraction of sp³-hybridized carbons (Fsp3) is 0.333. The summed E-state index contributed by atoms with van der Waals surface area (Å²) in [5, 5.41) is 0. The summed E-state index contributed by atoms with van der Waals surface area (Å²) in [6.07, 6.45) is 1.06. The summed E-state index contributed by atoms with van der Waals surface area (Å²) in [6, 6.07) is 10.2. The molecule has 1 heterocycles. The predicted octanol–water partition coefficient (Wildman–Crippen LogP) is 3.55. The van der Waals surface area contributed by atoms with E-state index in [1.807, 2.05) is 25.1 Å². The van der Waals surface area contributed by atoms with Crippen LogP contribution in [0.25, 0.3) is 11.3 Å². The van der Waals surface area contributed by atoms with Crippen LogP contribution in [-0.4, -0.2) is 9.97 Å². The van der Waals surface area contributed by atoms with Crippen LogP contribution < -0.4 is 5.73 Å². The van der Waals surface area contributed by atoms with Crippen molar-refractivity contribution in [2.24, 2.45) is 0 Å². The zero-order valence-electron chi connectivity index (χ0n) is 11.1. The molecule has 1 aromatic heterocycles. The Bertz CT molecular complexity index is 535. The lowest BCUT2D eigenvalue weighted by Crippen LogP contribution is -2.07. The summed E-state index contributed by atoms with van der Waals surface area (Å²) in [5.41, 5.74) is 10.0. The molecule has 0 amide bonds. The van der Waals surface area contributed by atoms with Crippen LogP contribution in [0.1, 0.15) is 37.4 Å². The Hall–Kier alpha value is -1.90. The summed E-state index contributed by atoms with van der Waals surface area (Å²) >= 11 is 0. The van der Waals surface area contributed by atoms with Gasteiger partial charge in [-0.05, 0) is 19.3 Å². The predicted molar refractivity (Wildman–Crippen MR) is 75.3 cm³/mol. The number of rotatable bonds is 3. The maximum atomic E-state index is 5.79. The van der Waals surface area contributed by atoms with Gasteiger partial charge in [-0.2, -0.15) is 0 Å². The first-order valence-corrected chi connectivity index (χ1v) is 6.33. The molecular weight excluding hydrogens is 222 g/mol. The van der Waals surface area contributed by atoms with Gasteiger partial charge in [-0.3, -0.25) is 0 Å². The molecule has 18 heavy (non-hydrogen) atoms. The van der Waals surface area contributed by atoms with Crippen LogP contribution in [0, 0.1) is 6.92 Å². The zero-order chi connectivity index (χ0) is 13.1. The zero-order valence-corrected chi connectivity index (χ0v) is 11.1. The molecule has 0 bridgehead atoms. The first-order valence-electron chi connectivity index (χ1n) is 6.33. The van der Waals surface area contributed by atoms with Crippen molar-refractivity contribution in [3.8, 4) is 11.3 Å². The van der Waals surface area contributed by atoms with E-state index in [2.05, 4.69) is 35.9 Å². The van der Waals surface area contributed by atoms with Gasteiger partial charge in [-0.15, -0.1) is 0 Å². The summed E-state index contributed by atoms with van der Waals surface area (Å²) in [4.78, 5) is 8.74. The monoisotopic (exact) mass is 241 g/mol. The highest BCUT2D eigenvalue weighted by atomic mass is 15.0. The molecule has 0 saturated carbocycles. The lowest BCUT2D eigenvalue weighted by molar-refractivity contribution is 0.719. The molecule has 3 heteroatoms. The number of hydrogen-bond acceptors (Lipinski definition) is 3. The number of nitrogens with two attached hydrogens (primary N) is 1. The molecular formula is C15H19N3. The molecule has 0 saturated heterocycles. The standard InChI is InChI=1S/C15H19N3/c1-4-10(2)13-11(3)17-15(16)18-14(13)12-8-6-5-7-9-12/h5-10H,4H2,1-3H3,(H2,16,17,18). The molecule has 0 aliphatic heterocycles. The number of nitrogens with zero attached hydrogens (tertiary/aromatic N) is 2. The molecule has 2 aromatic rings. The Morgan fingerprint density at radius 2 is 1.83 bits per heavy atom. The number of hydrogen-bond donors (Lipinski definition) is 1. The molecule has 0 aliphatic rings. The van der Waals surface area contributed by atoms with E-state index in [0.29, 0.717) is 11.9 Å². The normalized spacial score (nSPS) is 12.4. The van der Waals surface area contributed by atoms with Crippen molar-refractivity contribution in [2.75, 3.05) is 5.73 Å². The minimum Gasteiger partial charge on any atom is -0.368 e. The molecule has 1 atom stereocenters. The van der Waals surface area contributed by atoms with Crippen molar-refractivity contribution in [1.29, 1.82) is 0 Å². The van der Waals surface area contributed by atoms with Crippen molar-refractivity contribution in [3.63, 3.8) is 0 Å². The average molecular weight is 241 g/mol. The van der Waals surface area contributed by atoms with Gasteiger partial charge in [0, 0.05) is 16.8 Å². The Labute approximate surface area is 108 Å². The largest absolute Gasteiger partial charge is 0.368 e. The number of aryl methyl sites for hydroxylation is 1. The molecule has 1 aromatic carbocycles.